The Morgan fingerprint density at radius 1 is 1.12 bits per heavy atom. The van der Waals surface area contributed by atoms with E-state index in [1.165, 1.54) is 11.3 Å². The van der Waals surface area contributed by atoms with Crippen LogP contribution in [-0.4, -0.2) is 11.8 Å². The number of hydrogen-bond acceptors (Lipinski definition) is 4. The standard InChI is InChI=1S/C17H11Cl2N3O2S/c18-7-1-2-9-10(3-7)21-16(24)17(9)14(12-4-8(19)6-25-12)13-11(22-17)5-20-15(13)23/h1-6,13-14,22H,(H,20,23)(H,21,24)/t13-,14+,17-/m1/s1. The predicted molar refractivity (Wildman–Crippen MR) is 96.7 cm³/mol. The third kappa shape index (κ3) is 1.90. The number of carbonyl (C=O) groups excluding carboxylic acids is 2. The van der Waals surface area contributed by atoms with Crippen LogP contribution in [0.5, 0.6) is 0 Å². The molecule has 1 aromatic carbocycles. The zero-order valence-electron chi connectivity index (χ0n) is 12.6. The van der Waals surface area contributed by atoms with Crippen molar-refractivity contribution in [3.8, 4) is 0 Å². The number of carbonyl (C=O) groups is 2. The van der Waals surface area contributed by atoms with E-state index in [1.807, 2.05) is 17.5 Å². The molecule has 2 amide bonds. The Morgan fingerprint density at radius 2 is 1.96 bits per heavy atom. The molecule has 3 aliphatic heterocycles. The van der Waals surface area contributed by atoms with Gasteiger partial charge in [0, 0.05) is 44.3 Å². The predicted octanol–water partition coefficient (Wildman–Crippen LogP) is 3.18. The van der Waals surface area contributed by atoms with Crippen molar-refractivity contribution in [2.24, 2.45) is 5.92 Å². The maximum atomic E-state index is 13.1. The molecular formula is C17H11Cl2N3O2S. The third-order valence-electron chi connectivity index (χ3n) is 5.04. The SMILES string of the molecule is O=C1NC=C2N[C@@]3(C(=O)Nc4cc(Cl)ccc43)[C@@H](c3cc(Cl)cs3)[C@H]12. The van der Waals surface area contributed by atoms with Gasteiger partial charge in [-0.05, 0) is 18.2 Å². The minimum Gasteiger partial charge on any atom is -0.368 e. The number of thiophene rings is 1. The topological polar surface area (TPSA) is 70.2 Å². The van der Waals surface area contributed by atoms with Crippen LogP contribution < -0.4 is 16.0 Å². The van der Waals surface area contributed by atoms with Gasteiger partial charge in [-0.3, -0.25) is 9.59 Å². The van der Waals surface area contributed by atoms with Crippen molar-refractivity contribution in [3.63, 3.8) is 0 Å². The summed E-state index contributed by atoms with van der Waals surface area (Å²) in [5.74, 6) is -1.16. The van der Waals surface area contributed by atoms with E-state index < -0.39 is 11.5 Å². The molecule has 1 fully saturated rings. The van der Waals surface area contributed by atoms with E-state index in [2.05, 4.69) is 16.0 Å². The molecule has 5 rings (SSSR count). The number of amides is 2. The molecule has 5 nitrogen and oxygen atoms in total. The highest BCUT2D eigenvalue weighted by Gasteiger charge is 2.63. The van der Waals surface area contributed by atoms with E-state index in [4.69, 9.17) is 23.2 Å². The Kier molecular flexibility index (Phi) is 3.05. The van der Waals surface area contributed by atoms with Crippen molar-refractivity contribution < 1.29 is 9.59 Å². The Bertz CT molecular complexity index is 986. The molecule has 0 aliphatic carbocycles. The summed E-state index contributed by atoms with van der Waals surface area (Å²) in [7, 11) is 0. The Hall–Kier alpha value is -2.02. The molecular weight excluding hydrogens is 381 g/mol. The lowest BCUT2D eigenvalue weighted by atomic mass is 9.75. The van der Waals surface area contributed by atoms with E-state index in [1.54, 1.807) is 18.3 Å². The van der Waals surface area contributed by atoms with Crippen LogP contribution in [0.3, 0.4) is 0 Å². The van der Waals surface area contributed by atoms with Gasteiger partial charge in [0.05, 0.1) is 10.9 Å². The van der Waals surface area contributed by atoms with Crippen molar-refractivity contribution in [1.82, 2.24) is 10.6 Å². The number of halogens is 2. The molecule has 1 aromatic heterocycles. The average Bonchev–Trinajstić information content (AvgIpc) is 3.28. The molecule has 3 N–H and O–H groups in total. The van der Waals surface area contributed by atoms with Crippen LogP contribution in [0.4, 0.5) is 5.69 Å². The zero-order chi connectivity index (χ0) is 17.3. The van der Waals surface area contributed by atoms with Crippen LogP contribution in [0.1, 0.15) is 16.4 Å². The Balaban J connectivity index is 1.77. The molecule has 3 aliphatic rings. The van der Waals surface area contributed by atoms with Gasteiger partial charge in [0.2, 0.25) is 5.91 Å². The fourth-order valence-electron chi connectivity index (χ4n) is 4.08. The number of benzene rings is 1. The van der Waals surface area contributed by atoms with Crippen molar-refractivity contribution in [2.45, 2.75) is 11.5 Å². The number of fused-ring (bicyclic) bond motifs is 3. The summed E-state index contributed by atoms with van der Waals surface area (Å²) >= 11 is 13.7. The van der Waals surface area contributed by atoms with Gasteiger partial charge < -0.3 is 16.0 Å². The second kappa shape index (κ2) is 5.00. The first-order valence-corrected chi connectivity index (χ1v) is 9.28. The van der Waals surface area contributed by atoms with Gasteiger partial charge in [-0.25, -0.2) is 0 Å². The first-order chi connectivity index (χ1) is 12.0. The van der Waals surface area contributed by atoms with Gasteiger partial charge in [-0.1, -0.05) is 29.3 Å². The molecule has 25 heavy (non-hydrogen) atoms. The molecule has 0 radical (unpaired) electrons. The molecule has 0 saturated carbocycles. The van der Waals surface area contributed by atoms with Crippen LogP contribution in [-0.2, 0) is 15.1 Å². The van der Waals surface area contributed by atoms with E-state index in [9.17, 15) is 9.59 Å². The highest BCUT2D eigenvalue weighted by Crippen LogP contribution is 2.57. The first-order valence-electron chi connectivity index (χ1n) is 7.65. The van der Waals surface area contributed by atoms with Crippen molar-refractivity contribution >= 4 is 52.0 Å². The summed E-state index contributed by atoms with van der Waals surface area (Å²) < 4.78 is 0. The fraction of sp³-hybridized carbons (Fsp3) is 0.176. The molecule has 0 bridgehead atoms. The lowest BCUT2D eigenvalue weighted by Gasteiger charge is -2.30. The van der Waals surface area contributed by atoms with Gasteiger partial charge in [-0.2, -0.15) is 0 Å². The number of hydrogen-bond donors (Lipinski definition) is 3. The summed E-state index contributed by atoms with van der Waals surface area (Å²) in [6, 6.07) is 7.15. The summed E-state index contributed by atoms with van der Waals surface area (Å²) in [5, 5.41) is 11.9. The van der Waals surface area contributed by atoms with Crippen molar-refractivity contribution in [2.75, 3.05) is 5.32 Å². The number of rotatable bonds is 1. The molecule has 8 heteroatoms. The smallest absolute Gasteiger partial charge is 0.255 e. The second-order valence-corrected chi connectivity index (χ2v) is 8.12. The van der Waals surface area contributed by atoms with Crippen LogP contribution in [0.15, 0.2) is 41.5 Å². The van der Waals surface area contributed by atoms with Crippen LogP contribution in [0.2, 0.25) is 10.0 Å². The molecule has 3 atom stereocenters. The summed E-state index contributed by atoms with van der Waals surface area (Å²) in [6.45, 7) is 0. The maximum absolute atomic E-state index is 13.1. The van der Waals surface area contributed by atoms with Crippen LogP contribution in [0, 0.1) is 5.92 Å². The van der Waals surface area contributed by atoms with Crippen molar-refractivity contribution in [3.05, 3.63) is 62.0 Å². The molecule has 4 heterocycles. The summed E-state index contributed by atoms with van der Waals surface area (Å²) in [6.07, 6.45) is 1.64. The van der Waals surface area contributed by atoms with Gasteiger partial charge >= 0.3 is 0 Å². The van der Waals surface area contributed by atoms with Gasteiger partial charge in [0.1, 0.15) is 0 Å². The largest absolute Gasteiger partial charge is 0.368 e. The lowest BCUT2D eigenvalue weighted by Crippen LogP contribution is -2.47. The minimum absolute atomic E-state index is 0.121. The normalized spacial score (nSPS) is 29.1. The molecule has 2 aromatic rings. The van der Waals surface area contributed by atoms with Crippen LogP contribution in [0.25, 0.3) is 0 Å². The first kappa shape index (κ1) is 15.3. The molecule has 1 spiro atoms. The molecule has 1 saturated heterocycles. The van der Waals surface area contributed by atoms with Gasteiger partial charge in [0.25, 0.3) is 5.91 Å². The van der Waals surface area contributed by atoms with Crippen molar-refractivity contribution in [1.29, 1.82) is 0 Å². The second-order valence-electron chi connectivity index (χ2n) is 6.31. The van der Waals surface area contributed by atoms with Gasteiger partial charge in [-0.15, -0.1) is 11.3 Å². The van der Waals surface area contributed by atoms with E-state index in [0.717, 1.165) is 16.1 Å². The zero-order valence-corrected chi connectivity index (χ0v) is 14.9. The highest BCUT2D eigenvalue weighted by molar-refractivity contribution is 7.10. The van der Waals surface area contributed by atoms with E-state index in [-0.39, 0.29) is 17.7 Å². The monoisotopic (exact) mass is 391 g/mol. The number of anilines is 1. The van der Waals surface area contributed by atoms with Crippen LogP contribution >= 0.6 is 34.5 Å². The summed E-state index contributed by atoms with van der Waals surface area (Å²) in [4.78, 5) is 26.5. The van der Waals surface area contributed by atoms with E-state index in [0.29, 0.717) is 15.7 Å². The molecule has 126 valence electrons. The quantitative estimate of drug-likeness (QED) is 0.698. The lowest BCUT2D eigenvalue weighted by molar-refractivity contribution is -0.124. The average molecular weight is 392 g/mol. The highest BCUT2D eigenvalue weighted by atomic mass is 35.5. The molecule has 0 unspecified atom stereocenters. The van der Waals surface area contributed by atoms with Gasteiger partial charge in [0.15, 0.2) is 5.54 Å². The maximum Gasteiger partial charge on any atom is 0.255 e. The third-order valence-corrected chi connectivity index (χ3v) is 6.63. The Morgan fingerprint density at radius 3 is 2.72 bits per heavy atom. The number of nitrogens with one attached hydrogen (secondary N) is 3. The summed E-state index contributed by atoms with van der Waals surface area (Å²) in [5.41, 5.74) is 1.12. The fourth-order valence-corrected chi connectivity index (χ4v) is 5.54. The minimum atomic E-state index is -1.05. The van der Waals surface area contributed by atoms with E-state index >= 15 is 0 Å². The Labute approximate surface area is 157 Å².